The van der Waals surface area contributed by atoms with E-state index in [4.69, 9.17) is 177 Å². The van der Waals surface area contributed by atoms with E-state index in [1.807, 2.05) is 99.6 Å². The molecule has 2 aliphatic heterocycles. The van der Waals surface area contributed by atoms with Crippen LogP contribution in [-0.2, 0) is 51.3 Å². The number of ether oxygens (including phenoxy) is 2. The summed E-state index contributed by atoms with van der Waals surface area (Å²) in [5, 5.41) is 16.8. The van der Waals surface area contributed by atoms with Gasteiger partial charge in [-0.1, -0.05) is 130 Å². The molecule has 18 nitrogen and oxygen atoms in total. The standard InChI is InChI=1S/C19H26N2O4.C17H22N2O4.C12H23NO3.C8H6O2.B20.B19/c1-6-25-18(24)12(2)20-16(22)15(19(3,4)5)21-11-13-9-7-8-10-14(13)17(21)23;1-10(16(22)23)18-14(20)13(17(2,3)4)19-9-11-7-5-6-8-12(11)15(19)21;1-7-16-11(15)9(3)13-10(14)8(2)12(4,5)6;9-5-7-3-1-2-4-8(7)6-10;1-12(2)17(11)20(18(13(3)4)14(5)6)19(15(7)8)16(9)10;1-11-16(10)19(17(12(2)3)13(4)5)18(14(6)7)15(8)9/h7-10,12,15H,6,11H2,1-5H3,(H,20,22);5-8,10,13H,9H2,1-4H3,(H,18,20)(H,22,23);8-9H,7H2,1-6H3,(H,13,14);1-6H;;/t12-,15+;10-,13+;8-,9+;;;/m001.../s1. The Bertz CT molecular complexity index is 3420. The van der Waals surface area contributed by atoms with Crippen LogP contribution in [0.4, 0.5) is 0 Å². The van der Waals surface area contributed by atoms with Crippen LogP contribution in [0.25, 0.3) is 0 Å². The molecule has 2 heterocycles. The van der Waals surface area contributed by atoms with Gasteiger partial charge in [-0.05, 0) is 74.1 Å². The molecule has 5 amide bonds. The maximum absolute atomic E-state index is 12.9. The zero-order chi connectivity index (χ0) is 88.0. The molecule has 0 saturated heterocycles. The van der Waals surface area contributed by atoms with E-state index in [1.165, 1.54) is 18.9 Å². The summed E-state index contributed by atoms with van der Waals surface area (Å²) < 4.78 is 9.75. The van der Waals surface area contributed by atoms with Gasteiger partial charge < -0.3 is 40.3 Å². The molecule has 0 spiro atoms. The minimum Gasteiger partial charge on any atom is -0.480 e. The average molecular weight is 1450 g/mol. The van der Waals surface area contributed by atoms with Crippen molar-refractivity contribution in [2.45, 2.75) is 147 Å². The van der Waals surface area contributed by atoms with Crippen LogP contribution in [0.15, 0.2) is 72.8 Å². The van der Waals surface area contributed by atoms with Crippen molar-refractivity contribution >= 4 is 338 Å². The molecule has 0 fully saturated rings. The highest BCUT2D eigenvalue weighted by atomic mass is 16.5. The first-order chi connectivity index (χ1) is 52.0. The summed E-state index contributed by atoms with van der Waals surface area (Å²) in [6.07, 6.45) is -11.5. The van der Waals surface area contributed by atoms with Crippen LogP contribution in [0.1, 0.15) is 156 Å². The molecule has 6 atom stereocenters. The van der Waals surface area contributed by atoms with E-state index in [0.717, 1.165) is 11.1 Å². The Hall–Kier alpha value is -4.71. The normalized spacial score (nSPS) is 13.1. The molecular weight excluding hydrogens is 1370 g/mol. The summed E-state index contributed by atoms with van der Waals surface area (Å²) in [6, 6.07) is 17.5. The summed E-state index contributed by atoms with van der Waals surface area (Å²) in [4.78, 5) is 120. The van der Waals surface area contributed by atoms with Gasteiger partial charge in [-0.15, -0.1) is 0 Å². The number of aldehydes is 2. The van der Waals surface area contributed by atoms with Crippen molar-refractivity contribution in [2.24, 2.45) is 22.2 Å². The predicted octanol–water partition coefficient (Wildman–Crippen LogP) is -8.03. The maximum Gasteiger partial charge on any atom is 0.328 e. The Morgan fingerprint density at radius 1 is 0.442 bits per heavy atom. The number of carbonyl (C=O) groups is 10. The van der Waals surface area contributed by atoms with E-state index >= 15 is 0 Å². The summed E-state index contributed by atoms with van der Waals surface area (Å²) in [5.41, 5.74) is 2.77. The molecule has 113 heavy (non-hydrogen) atoms. The molecule has 3 aromatic rings. The van der Waals surface area contributed by atoms with Crippen LogP contribution in [0, 0.1) is 22.2 Å². The summed E-state index contributed by atoms with van der Waals surface area (Å²) >= 11 is 0. The number of nitrogens with zero attached hydrogens (tertiary/aromatic N) is 2. The van der Waals surface area contributed by atoms with E-state index < -0.39 is 173 Å². The fourth-order valence-electron chi connectivity index (χ4n) is 12.7. The Morgan fingerprint density at radius 3 is 0.973 bits per heavy atom. The van der Waals surface area contributed by atoms with E-state index in [1.54, 1.807) is 75.1 Å². The van der Waals surface area contributed by atoms with Gasteiger partial charge in [-0.25, -0.2) is 9.59 Å². The highest BCUT2D eigenvalue weighted by Crippen LogP contribution is 2.34. The predicted molar refractivity (Wildman–Crippen MR) is 503 cm³/mol. The third-order valence-electron chi connectivity index (χ3n) is 19.0. The van der Waals surface area contributed by atoms with Gasteiger partial charge in [0.15, 0.2) is 12.6 Å². The van der Waals surface area contributed by atoms with Crippen LogP contribution in [0.5, 0.6) is 0 Å². The number of benzene rings is 3. The molecule has 2 aliphatic rings. The number of hydrogen-bond donors (Lipinski definition) is 4. The van der Waals surface area contributed by atoms with Gasteiger partial charge >= 0.3 is 17.9 Å². The zero-order valence-corrected chi connectivity index (χ0v) is 68.1. The van der Waals surface area contributed by atoms with E-state index in [-0.39, 0.29) is 41.6 Å². The monoisotopic (exact) mass is 1460 g/mol. The fourth-order valence-corrected chi connectivity index (χ4v) is 12.7. The largest absolute Gasteiger partial charge is 0.480 e. The minimum absolute atomic E-state index is 0.113. The van der Waals surface area contributed by atoms with Crippen LogP contribution in [0.3, 0.4) is 0 Å². The lowest BCUT2D eigenvalue weighted by Gasteiger charge is -2.42. The molecule has 0 bridgehead atoms. The minimum atomic E-state index is -1.11. The lowest BCUT2D eigenvalue weighted by atomic mass is 8.39. The fraction of sp³-hybridized carbons (Fsp3) is 0.500. The van der Waals surface area contributed by atoms with Gasteiger partial charge in [0.05, 0.1) is 13.2 Å². The van der Waals surface area contributed by atoms with Gasteiger partial charge in [0, 0.05) is 319 Å². The van der Waals surface area contributed by atoms with E-state index in [0.29, 0.717) is 54.5 Å². The highest BCUT2D eigenvalue weighted by Gasteiger charge is 2.48. The van der Waals surface area contributed by atoms with Gasteiger partial charge in [0.1, 0.15) is 30.2 Å². The lowest BCUT2D eigenvalue weighted by Crippen LogP contribution is -2.80. The van der Waals surface area contributed by atoms with Crippen molar-refractivity contribution in [3.05, 3.63) is 106 Å². The van der Waals surface area contributed by atoms with Crippen LogP contribution in [0.2, 0.25) is 0 Å². The van der Waals surface area contributed by atoms with Gasteiger partial charge in [-0.2, -0.15) is 0 Å². The zero-order valence-electron chi connectivity index (χ0n) is 68.1. The first-order valence-electron chi connectivity index (χ1n) is 36.9. The first kappa shape index (κ1) is 108. The third-order valence-corrected chi connectivity index (χ3v) is 19.0. The lowest BCUT2D eigenvalue weighted by molar-refractivity contribution is -0.148. The van der Waals surface area contributed by atoms with Crippen molar-refractivity contribution in [3.8, 4) is 0 Å². The third kappa shape index (κ3) is 34.3. The van der Waals surface area contributed by atoms with Crippen molar-refractivity contribution in [3.63, 3.8) is 0 Å². The average Bonchev–Trinajstić information content (AvgIpc) is 1.66. The number of esters is 2. The summed E-state index contributed by atoms with van der Waals surface area (Å²) in [6.45, 7) is 28.5. The number of rotatable bonds is 31. The van der Waals surface area contributed by atoms with Crippen molar-refractivity contribution in [2.75, 3.05) is 13.2 Å². The summed E-state index contributed by atoms with van der Waals surface area (Å²) in [5.74, 6) is -3.41. The van der Waals surface area contributed by atoms with Gasteiger partial charge in [-0.3, -0.25) is 38.4 Å². The quantitative estimate of drug-likeness (QED) is 0.0266. The highest BCUT2D eigenvalue weighted by molar-refractivity contribution is 8.20. The second-order valence-corrected chi connectivity index (χ2v) is 31.2. The molecule has 4 N–H and O–H groups in total. The number of amides is 5. The van der Waals surface area contributed by atoms with Crippen LogP contribution >= 0.6 is 0 Å². The molecule has 5 rings (SSSR count). The van der Waals surface area contributed by atoms with Crippen molar-refractivity contribution in [1.29, 1.82) is 0 Å². The molecule has 0 unspecified atom stereocenters. The van der Waals surface area contributed by atoms with E-state index in [2.05, 4.69) is 16.0 Å². The van der Waals surface area contributed by atoms with Crippen LogP contribution < -0.4 is 16.0 Å². The number of hydrogen-bond acceptors (Lipinski definition) is 12. The topological polar surface area (TPSA) is 252 Å². The molecule has 3 aromatic carbocycles. The van der Waals surface area contributed by atoms with Gasteiger partial charge in [0.25, 0.3) is 11.8 Å². The molecular formula is C56H77B39N5O13. The van der Waals surface area contributed by atoms with Crippen LogP contribution in [-0.4, -0.2) is 396 Å². The number of nitrogens with one attached hydrogen (secondary N) is 3. The number of fused-ring (bicyclic) bond motifs is 2. The second kappa shape index (κ2) is 50.9. The number of carboxylic acid groups (broad SMARTS) is 1. The molecule has 0 saturated carbocycles. The molecule has 0 aliphatic carbocycles. The number of aliphatic carboxylic acids is 1. The summed E-state index contributed by atoms with van der Waals surface area (Å²) in [7, 11) is 122. The van der Waals surface area contributed by atoms with Crippen molar-refractivity contribution < 1.29 is 62.5 Å². The number of carbonyl (C=O) groups excluding carboxylic acids is 9. The van der Waals surface area contributed by atoms with Gasteiger partial charge in [0.2, 0.25) is 17.7 Å². The number of carboxylic acids is 1. The Kier molecular flexibility index (Phi) is 48.8. The molecule has 521 valence electrons. The Morgan fingerprint density at radius 2 is 0.726 bits per heavy atom. The molecule has 57 heteroatoms. The molecule has 43 radical (unpaired) electrons. The maximum atomic E-state index is 12.9. The second-order valence-electron chi connectivity index (χ2n) is 31.2. The SMILES string of the molecule is CCOC(=O)[C@H](C)NC(=O)[C@@H](C)C(C)(C)C.CCOC(=O)[C@H](C)NC(=O)[C@@H](N1Cc2ccccc2C1=O)C(C)(C)C.C[C@H](NC(=O)[C@@H](N1Cc2ccccc2C1=O)C(C)(C)C)C(=O)O.O=Cc1ccccc1C=O.[B]B([B])B([B])B(B(B([B])[B])B([B])[B])B(B([B])[B])B([B])[B].[B][B]B([B])B(B(B([B])[B])B([B])[B])B(B([B])[B])B([B])[B]. The molecule has 0 aromatic heterocycles. The van der Waals surface area contributed by atoms with E-state index in [9.17, 15) is 47.9 Å². The Labute approximate surface area is 710 Å². The smallest absolute Gasteiger partial charge is 0.328 e. The Balaban J connectivity index is 0.00000135. The van der Waals surface area contributed by atoms with Crippen molar-refractivity contribution in [1.82, 2.24) is 25.8 Å². The first-order valence-corrected chi connectivity index (χ1v) is 36.9.